The Kier molecular flexibility index (Phi) is 9.38. The lowest BCUT2D eigenvalue weighted by Crippen LogP contribution is -3.12. The van der Waals surface area contributed by atoms with Crippen molar-refractivity contribution in [3.63, 3.8) is 0 Å². The van der Waals surface area contributed by atoms with Crippen LogP contribution in [0.15, 0.2) is 30.3 Å². The minimum absolute atomic E-state index is 0.0243. The number of benzene rings is 1. The van der Waals surface area contributed by atoms with E-state index in [2.05, 4.69) is 25.2 Å². The zero-order chi connectivity index (χ0) is 34.5. The van der Waals surface area contributed by atoms with Crippen LogP contribution >= 0.6 is 7.75 Å². The smallest absolute Gasteiger partial charge is 0.459 e. The molecule has 0 radical (unpaired) electrons. The van der Waals surface area contributed by atoms with E-state index in [0.717, 1.165) is 25.5 Å². The number of fused-ring (bicyclic) bond motifs is 1. The Labute approximate surface area is 277 Å². The van der Waals surface area contributed by atoms with Crippen molar-refractivity contribution in [3.8, 4) is 5.75 Å². The van der Waals surface area contributed by atoms with Crippen LogP contribution < -0.4 is 35.4 Å². The predicted molar refractivity (Wildman–Crippen MR) is 171 cm³/mol. The number of ether oxygens (including phenoxy) is 2. The number of hydrogen-bond donors (Lipinski definition) is 7. The van der Waals surface area contributed by atoms with E-state index in [1.807, 2.05) is 0 Å². The van der Waals surface area contributed by atoms with Crippen LogP contribution in [0, 0.1) is 0 Å². The molecule has 8 N–H and O–H groups in total. The van der Waals surface area contributed by atoms with Gasteiger partial charge >= 0.3 is 13.7 Å². The van der Waals surface area contributed by atoms with Gasteiger partial charge in [-0.2, -0.15) is 20.1 Å². The van der Waals surface area contributed by atoms with Gasteiger partial charge in [0.1, 0.15) is 35.2 Å². The van der Waals surface area contributed by atoms with Crippen LogP contribution in [0.1, 0.15) is 45.4 Å². The second kappa shape index (κ2) is 13.0. The minimum atomic E-state index is -4.32. The maximum Gasteiger partial charge on any atom is 0.459 e. The van der Waals surface area contributed by atoms with Crippen LogP contribution in [-0.4, -0.2) is 96.8 Å². The molecule has 18 nitrogen and oxygen atoms in total. The summed E-state index contributed by atoms with van der Waals surface area (Å²) in [6, 6.07) is 8.31. The normalized spacial score (nSPS) is 28.4. The first kappa shape index (κ1) is 34.7. The Hall–Kier alpha value is -3.13. The molecule has 4 aliphatic rings. The lowest BCUT2D eigenvalue weighted by molar-refractivity contribution is -0.845. The van der Waals surface area contributed by atoms with Crippen molar-refractivity contribution in [2.45, 2.75) is 81.1 Å². The summed E-state index contributed by atoms with van der Waals surface area (Å²) < 4.78 is 61.6. The van der Waals surface area contributed by atoms with Gasteiger partial charge in [0.05, 0.1) is 26.6 Å². The molecule has 2 saturated carbocycles. The molecule has 0 spiro atoms. The molecule has 2 aliphatic carbocycles. The number of quaternary nitrogens is 1. The fourth-order valence-electron chi connectivity index (χ4n) is 6.07. The maximum atomic E-state index is 14.4. The quantitative estimate of drug-likeness (QED) is 0.0787. The molecule has 3 heterocycles. The number of nitrogens with one attached hydrogen (secondary N) is 4. The van der Waals surface area contributed by atoms with Crippen molar-refractivity contribution in [2.75, 3.05) is 42.5 Å². The largest absolute Gasteiger partial charge is 0.461 e. The number of aromatic nitrogens is 2. The Balaban J connectivity index is 1.21. The number of nitrogen functional groups attached to an aromatic ring is 1. The monoisotopic (exact) mass is 713 g/mol. The second-order valence-corrected chi connectivity index (χ2v) is 16.2. The molecule has 1 saturated heterocycles. The van der Waals surface area contributed by atoms with Gasteiger partial charge < -0.3 is 40.2 Å². The molecule has 2 aromatic rings. The van der Waals surface area contributed by atoms with Gasteiger partial charge in [-0.3, -0.25) is 9.32 Å². The van der Waals surface area contributed by atoms with Crippen LogP contribution in [0.5, 0.6) is 5.75 Å². The van der Waals surface area contributed by atoms with Crippen molar-refractivity contribution >= 4 is 47.0 Å². The number of aliphatic hydroxyl groups is 2. The van der Waals surface area contributed by atoms with Crippen LogP contribution in [0.25, 0.3) is 0 Å². The lowest BCUT2D eigenvalue weighted by Gasteiger charge is -2.42. The fourth-order valence-corrected chi connectivity index (χ4v) is 8.46. The van der Waals surface area contributed by atoms with Gasteiger partial charge in [-0.15, -0.1) is 0 Å². The number of rotatable bonds is 13. The summed E-state index contributed by atoms with van der Waals surface area (Å²) in [6.07, 6.45) is 0.815. The first-order valence-electron chi connectivity index (χ1n) is 15.6. The zero-order valence-corrected chi connectivity index (χ0v) is 28.5. The molecule has 1 aromatic heterocycles. The number of anilines is 3. The molecule has 2 aliphatic heterocycles. The molecule has 1 aromatic carbocycles. The highest BCUT2D eigenvalue weighted by Gasteiger charge is 2.57. The molecule has 0 bridgehead atoms. The number of nitrogens with two attached hydrogens (primary N) is 1. The number of carbonyl (C=O) groups is 1. The Morgan fingerprint density at radius 3 is 2.56 bits per heavy atom. The van der Waals surface area contributed by atoms with E-state index in [0.29, 0.717) is 24.9 Å². The van der Waals surface area contributed by atoms with Gasteiger partial charge in [0.15, 0.2) is 17.7 Å². The van der Waals surface area contributed by atoms with Crippen molar-refractivity contribution in [3.05, 3.63) is 30.3 Å². The average Bonchev–Trinajstić information content (AvgIpc) is 3.48. The predicted octanol–water partition coefficient (Wildman–Crippen LogP) is -0.493. The first-order valence-corrected chi connectivity index (χ1v) is 19.1. The third-order valence-electron chi connectivity index (χ3n) is 8.99. The van der Waals surface area contributed by atoms with Gasteiger partial charge in [-0.25, -0.2) is 13.0 Å². The number of hydrogen-bond acceptors (Lipinski definition) is 15. The number of nitrogens with zero attached hydrogens (tertiary/aromatic N) is 3. The summed E-state index contributed by atoms with van der Waals surface area (Å²) in [5.41, 5.74) is 3.12. The second-order valence-electron chi connectivity index (χ2n) is 12.8. The topological polar surface area (TPSA) is 241 Å². The number of para-hydroxylation sites is 1. The van der Waals surface area contributed by atoms with Crippen LogP contribution in [0.4, 0.5) is 23.3 Å². The highest BCUT2D eigenvalue weighted by molar-refractivity contribution is 7.88. The maximum absolute atomic E-state index is 14.4. The highest BCUT2D eigenvalue weighted by Crippen LogP contribution is 2.51. The van der Waals surface area contributed by atoms with Crippen molar-refractivity contribution in [2.24, 2.45) is 0 Å². The molecule has 6 atom stereocenters. The Morgan fingerprint density at radius 1 is 1.25 bits per heavy atom. The molecule has 3 unspecified atom stereocenters. The molecule has 20 heteroatoms. The van der Waals surface area contributed by atoms with E-state index in [1.165, 1.54) is 18.9 Å². The molecule has 6 rings (SSSR count). The van der Waals surface area contributed by atoms with E-state index >= 15 is 0 Å². The third-order valence-corrected chi connectivity index (χ3v) is 11.3. The van der Waals surface area contributed by atoms with Crippen molar-refractivity contribution in [1.29, 1.82) is 0 Å². The molecular formula is C28H42N8O10PS+. The SMILES string of the molecule is C[NH+](NS(C)(=O)=O)c1nc(N)nc2c1NCN2[C@@H]1OC(COP(=O)(NC2(C(=O)OC3CCC3)CCC2)Oc2ccccc2)[C@@H](O)[C@@]1(C)O. The van der Waals surface area contributed by atoms with Crippen molar-refractivity contribution < 1.29 is 51.5 Å². The standard InChI is InChI=1S/C28H41N8O10PS/c1-27(39)21(37)19(45-24(27)36-16-30-20-22(31-26(29)32-23(20)36)35(2)34-48(3,41)42)15-43-47(40,46-18-9-5-4-6-10-18)33-28(13-8-14-28)25(38)44-17-11-7-12-17/h4-6,9-10,17,19,21,24,30,34,37,39H,7-8,11-16H2,1-3H3,(H,33,40)(H2,29,31,32)/p+1/t19?,21-,24-,27-,47?/m1/s1. The number of aliphatic hydroxyl groups excluding tert-OH is 1. The Morgan fingerprint density at radius 2 is 1.96 bits per heavy atom. The van der Waals surface area contributed by atoms with Gasteiger partial charge in [-0.1, -0.05) is 23.0 Å². The van der Waals surface area contributed by atoms with Crippen LogP contribution in [0.2, 0.25) is 0 Å². The summed E-state index contributed by atoms with van der Waals surface area (Å²) in [4.78, 5) is 25.6. The van der Waals surface area contributed by atoms with E-state index in [9.17, 15) is 28.0 Å². The minimum Gasteiger partial charge on any atom is -0.461 e. The molecular weight excluding hydrogens is 671 g/mol. The summed E-state index contributed by atoms with van der Waals surface area (Å²) in [5.74, 6) is -0.0782. The summed E-state index contributed by atoms with van der Waals surface area (Å²) in [5, 5.41) is 28.9. The van der Waals surface area contributed by atoms with Crippen LogP contribution in [0.3, 0.4) is 0 Å². The molecule has 264 valence electrons. The first-order chi connectivity index (χ1) is 22.6. The average molecular weight is 714 g/mol. The molecule has 3 fully saturated rings. The van der Waals surface area contributed by atoms with E-state index in [1.54, 1.807) is 30.3 Å². The number of sulfonamides is 1. The van der Waals surface area contributed by atoms with Crippen LogP contribution in [-0.2, 0) is 33.4 Å². The number of carbonyl (C=O) groups excluding carboxylic acids is 1. The van der Waals surface area contributed by atoms with Crippen molar-refractivity contribution in [1.82, 2.24) is 19.9 Å². The zero-order valence-electron chi connectivity index (χ0n) is 26.8. The summed E-state index contributed by atoms with van der Waals surface area (Å²) in [6.45, 7) is 0.887. The highest BCUT2D eigenvalue weighted by atomic mass is 32.2. The Bertz CT molecular complexity index is 1680. The lowest BCUT2D eigenvalue weighted by atomic mass is 9.77. The van der Waals surface area contributed by atoms with E-state index in [4.69, 9.17) is 24.3 Å². The van der Waals surface area contributed by atoms with Gasteiger partial charge in [0, 0.05) is 0 Å². The number of esters is 1. The summed E-state index contributed by atoms with van der Waals surface area (Å²) >= 11 is 0. The van der Waals surface area contributed by atoms with Gasteiger partial charge in [-0.05, 0) is 57.6 Å². The van der Waals surface area contributed by atoms with E-state index < -0.39 is 59.9 Å². The molecule has 0 amide bonds. The fraction of sp³-hybridized carbons (Fsp3) is 0.607. The van der Waals surface area contributed by atoms with E-state index in [-0.39, 0.29) is 41.1 Å². The third kappa shape index (κ3) is 6.97. The van der Waals surface area contributed by atoms with Gasteiger partial charge in [0.25, 0.3) is 15.8 Å². The summed E-state index contributed by atoms with van der Waals surface area (Å²) in [7, 11) is -6.44. The van der Waals surface area contributed by atoms with Gasteiger partial charge in [0.2, 0.25) is 5.95 Å². The molecule has 48 heavy (non-hydrogen) atoms.